The first-order valence-corrected chi connectivity index (χ1v) is 7.20. The molecule has 1 aliphatic heterocycles. The van der Waals surface area contributed by atoms with Gasteiger partial charge in [0.1, 0.15) is 6.04 Å². The van der Waals surface area contributed by atoms with Crippen LogP contribution in [0.15, 0.2) is 0 Å². The summed E-state index contributed by atoms with van der Waals surface area (Å²) < 4.78 is 0. The predicted octanol–water partition coefficient (Wildman–Crippen LogP) is 0.911. The van der Waals surface area contributed by atoms with Crippen molar-refractivity contribution in [3.8, 4) is 0 Å². The maximum Gasteiger partial charge on any atom is 0.247 e. The highest BCUT2D eigenvalue weighted by molar-refractivity contribution is 5.88. The van der Waals surface area contributed by atoms with E-state index in [4.69, 9.17) is 0 Å². The first-order valence-electron chi connectivity index (χ1n) is 7.20. The smallest absolute Gasteiger partial charge is 0.247 e. The van der Waals surface area contributed by atoms with Gasteiger partial charge in [-0.15, -0.1) is 0 Å². The molecule has 0 spiro atoms. The molecule has 1 heterocycles. The Kier molecular flexibility index (Phi) is 6.28. The van der Waals surface area contributed by atoms with Crippen molar-refractivity contribution in [2.45, 2.75) is 58.5 Å². The summed E-state index contributed by atoms with van der Waals surface area (Å²) >= 11 is 0. The van der Waals surface area contributed by atoms with E-state index in [1.54, 1.807) is 6.92 Å². The summed E-state index contributed by atoms with van der Waals surface area (Å²) in [5, 5.41) is 11.9. The zero-order valence-corrected chi connectivity index (χ0v) is 12.2. The Bertz CT molecular complexity index is 318. The molecule has 2 amide bonds. The summed E-state index contributed by atoms with van der Waals surface area (Å²) in [6.07, 6.45) is 3.32. The second-order valence-corrected chi connectivity index (χ2v) is 5.61. The number of aliphatic hydroxyl groups excluding tert-OH is 1. The SMILES string of the molecule is CCC(=O)NC(CO)C(=O)N1CCCC1CC(C)C. The monoisotopic (exact) mass is 270 g/mol. The van der Waals surface area contributed by atoms with Crippen molar-refractivity contribution in [1.82, 2.24) is 10.2 Å². The van der Waals surface area contributed by atoms with Crippen LogP contribution >= 0.6 is 0 Å². The minimum Gasteiger partial charge on any atom is -0.394 e. The molecule has 1 rings (SSSR count). The lowest BCUT2D eigenvalue weighted by atomic mass is 10.0. The van der Waals surface area contributed by atoms with Gasteiger partial charge >= 0.3 is 0 Å². The van der Waals surface area contributed by atoms with Crippen LogP contribution in [-0.4, -0.2) is 47.1 Å². The van der Waals surface area contributed by atoms with E-state index in [1.165, 1.54) is 0 Å². The molecule has 0 bridgehead atoms. The molecule has 0 aromatic heterocycles. The van der Waals surface area contributed by atoms with Gasteiger partial charge in [-0.3, -0.25) is 9.59 Å². The van der Waals surface area contributed by atoms with Crippen molar-refractivity contribution in [3.05, 3.63) is 0 Å². The molecule has 2 N–H and O–H groups in total. The number of carbonyl (C=O) groups is 2. The molecule has 2 unspecified atom stereocenters. The zero-order valence-electron chi connectivity index (χ0n) is 12.2. The van der Waals surface area contributed by atoms with Crippen LogP contribution in [0.4, 0.5) is 0 Å². The standard InChI is InChI=1S/C14H26N2O3/c1-4-13(18)15-12(9-17)14(19)16-7-5-6-11(16)8-10(2)3/h10-12,17H,4-9H2,1-3H3,(H,15,18). The highest BCUT2D eigenvalue weighted by Crippen LogP contribution is 2.24. The van der Waals surface area contributed by atoms with E-state index >= 15 is 0 Å². The van der Waals surface area contributed by atoms with Gasteiger partial charge in [-0.25, -0.2) is 0 Å². The summed E-state index contributed by atoms with van der Waals surface area (Å²) in [6.45, 7) is 6.41. The number of likely N-dealkylation sites (tertiary alicyclic amines) is 1. The maximum atomic E-state index is 12.4. The van der Waals surface area contributed by atoms with Gasteiger partial charge in [0.15, 0.2) is 0 Å². The second kappa shape index (κ2) is 7.48. The normalized spacial score (nSPS) is 20.7. The molecule has 5 nitrogen and oxygen atoms in total. The number of carbonyl (C=O) groups excluding carboxylic acids is 2. The van der Waals surface area contributed by atoms with E-state index in [9.17, 15) is 14.7 Å². The summed E-state index contributed by atoms with van der Waals surface area (Å²) in [4.78, 5) is 25.6. The summed E-state index contributed by atoms with van der Waals surface area (Å²) in [5.41, 5.74) is 0. The third-order valence-corrected chi connectivity index (χ3v) is 3.54. The molecule has 1 aliphatic rings. The largest absolute Gasteiger partial charge is 0.394 e. The number of nitrogens with one attached hydrogen (secondary N) is 1. The number of hydrogen-bond acceptors (Lipinski definition) is 3. The molecule has 0 radical (unpaired) electrons. The van der Waals surface area contributed by atoms with Gasteiger partial charge in [0.05, 0.1) is 6.61 Å². The average molecular weight is 270 g/mol. The van der Waals surface area contributed by atoms with E-state index in [2.05, 4.69) is 19.2 Å². The fraction of sp³-hybridized carbons (Fsp3) is 0.857. The molecular formula is C14H26N2O3. The molecule has 5 heteroatoms. The molecule has 1 fully saturated rings. The van der Waals surface area contributed by atoms with E-state index in [0.717, 1.165) is 25.8 Å². The van der Waals surface area contributed by atoms with Gasteiger partial charge in [0.2, 0.25) is 11.8 Å². The Morgan fingerprint density at radius 3 is 2.63 bits per heavy atom. The van der Waals surface area contributed by atoms with Crippen LogP contribution in [0.1, 0.15) is 46.5 Å². The van der Waals surface area contributed by atoms with Crippen LogP contribution in [0.3, 0.4) is 0 Å². The molecule has 1 saturated heterocycles. The average Bonchev–Trinajstić information content (AvgIpc) is 2.81. The minimum absolute atomic E-state index is 0.146. The van der Waals surface area contributed by atoms with Crippen molar-refractivity contribution in [2.24, 2.45) is 5.92 Å². The van der Waals surface area contributed by atoms with Gasteiger partial charge in [-0.05, 0) is 25.2 Å². The topological polar surface area (TPSA) is 69.6 Å². The Balaban J connectivity index is 2.65. The van der Waals surface area contributed by atoms with Gasteiger partial charge in [0, 0.05) is 19.0 Å². The Labute approximate surface area is 115 Å². The molecule has 0 aromatic carbocycles. The van der Waals surface area contributed by atoms with Gasteiger partial charge in [0.25, 0.3) is 0 Å². The van der Waals surface area contributed by atoms with Crippen LogP contribution in [0.25, 0.3) is 0 Å². The third kappa shape index (κ3) is 4.49. The summed E-state index contributed by atoms with van der Waals surface area (Å²) in [6, 6.07) is -0.541. The number of amides is 2. The number of hydrogen-bond donors (Lipinski definition) is 2. The van der Waals surface area contributed by atoms with E-state index in [1.807, 2.05) is 4.90 Å². The van der Waals surface area contributed by atoms with Crippen LogP contribution in [0.2, 0.25) is 0 Å². The number of aliphatic hydroxyl groups is 1. The Morgan fingerprint density at radius 2 is 2.11 bits per heavy atom. The zero-order chi connectivity index (χ0) is 14.4. The lowest BCUT2D eigenvalue weighted by molar-refractivity contribution is -0.138. The van der Waals surface area contributed by atoms with E-state index in [0.29, 0.717) is 12.3 Å². The Hall–Kier alpha value is -1.10. The van der Waals surface area contributed by atoms with Gasteiger partial charge in [-0.2, -0.15) is 0 Å². The van der Waals surface area contributed by atoms with Crippen LogP contribution in [-0.2, 0) is 9.59 Å². The second-order valence-electron chi connectivity index (χ2n) is 5.61. The van der Waals surface area contributed by atoms with Gasteiger partial charge < -0.3 is 15.3 Å². The number of rotatable bonds is 6. The van der Waals surface area contributed by atoms with Crippen LogP contribution < -0.4 is 5.32 Å². The summed E-state index contributed by atoms with van der Waals surface area (Å²) in [5.74, 6) is 0.190. The lowest BCUT2D eigenvalue weighted by Crippen LogP contribution is -2.51. The highest BCUT2D eigenvalue weighted by Gasteiger charge is 2.33. The van der Waals surface area contributed by atoms with Crippen molar-refractivity contribution >= 4 is 11.8 Å². The van der Waals surface area contributed by atoms with Crippen molar-refractivity contribution in [2.75, 3.05) is 13.2 Å². The summed E-state index contributed by atoms with van der Waals surface area (Å²) in [7, 11) is 0. The minimum atomic E-state index is -0.791. The molecule has 2 atom stereocenters. The van der Waals surface area contributed by atoms with Crippen LogP contribution in [0, 0.1) is 5.92 Å². The fourth-order valence-electron chi connectivity index (χ4n) is 2.60. The molecule has 0 saturated carbocycles. The highest BCUT2D eigenvalue weighted by atomic mass is 16.3. The molecule has 19 heavy (non-hydrogen) atoms. The lowest BCUT2D eigenvalue weighted by Gasteiger charge is -2.29. The maximum absolute atomic E-state index is 12.4. The quantitative estimate of drug-likeness (QED) is 0.754. The third-order valence-electron chi connectivity index (χ3n) is 3.54. The van der Waals surface area contributed by atoms with Crippen molar-refractivity contribution < 1.29 is 14.7 Å². The van der Waals surface area contributed by atoms with Crippen molar-refractivity contribution in [1.29, 1.82) is 0 Å². The molecule has 0 aromatic rings. The predicted molar refractivity (Wildman–Crippen MR) is 73.5 cm³/mol. The van der Waals surface area contributed by atoms with Crippen LogP contribution in [0.5, 0.6) is 0 Å². The van der Waals surface area contributed by atoms with Crippen molar-refractivity contribution in [3.63, 3.8) is 0 Å². The molecule has 110 valence electrons. The van der Waals surface area contributed by atoms with Gasteiger partial charge in [-0.1, -0.05) is 20.8 Å². The first kappa shape index (κ1) is 16.0. The fourth-order valence-corrected chi connectivity index (χ4v) is 2.60. The molecular weight excluding hydrogens is 244 g/mol. The molecule has 0 aliphatic carbocycles. The van der Waals surface area contributed by atoms with E-state index in [-0.39, 0.29) is 24.5 Å². The number of nitrogens with zero attached hydrogens (tertiary/aromatic N) is 1. The Morgan fingerprint density at radius 1 is 1.42 bits per heavy atom. The van der Waals surface area contributed by atoms with E-state index < -0.39 is 6.04 Å². The first-order chi connectivity index (χ1) is 8.99.